The van der Waals surface area contributed by atoms with Crippen molar-refractivity contribution in [1.29, 1.82) is 0 Å². The first-order valence-corrected chi connectivity index (χ1v) is 10.4. The van der Waals surface area contributed by atoms with Crippen molar-refractivity contribution in [2.24, 2.45) is 10.9 Å². The Morgan fingerprint density at radius 1 is 1.16 bits per heavy atom. The zero-order valence-electron chi connectivity index (χ0n) is 18.0. The Balaban J connectivity index is 0.00000341. The predicted octanol–water partition coefficient (Wildman–Crippen LogP) is 3.80. The number of hydrogen-bond donors (Lipinski definition) is 4. The number of ether oxygens (including phenoxy) is 1. The van der Waals surface area contributed by atoms with E-state index in [1.807, 2.05) is 13.0 Å². The number of aryl methyl sites for hydroxylation is 1. The number of carbonyl (C=O) groups is 1. The van der Waals surface area contributed by atoms with Crippen LogP contribution in [0.1, 0.15) is 30.9 Å². The predicted molar refractivity (Wildman–Crippen MR) is 134 cm³/mol. The first-order valence-electron chi connectivity index (χ1n) is 10.4. The van der Waals surface area contributed by atoms with Gasteiger partial charge in [-0.2, -0.15) is 0 Å². The summed E-state index contributed by atoms with van der Waals surface area (Å²) in [5.74, 6) is 2.09. The third-order valence-electron chi connectivity index (χ3n) is 4.71. The van der Waals surface area contributed by atoms with Crippen LogP contribution in [0.25, 0.3) is 0 Å². The van der Waals surface area contributed by atoms with Gasteiger partial charge in [-0.1, -0.05) is 12.1 Å². The van der Waals surface area contributed by atoms with Crippen molar-refractivity contribution < 1.29 is 14.6 Å². The van der Waals surface area contributed by atoms with Gasteiger partial charge in [0.05, 0.1) is 19.7 Å². The van der Waals surface area contributed by atoms with Crippen molar-refractivity contribution in [2.45, 2.75) is 33.2 Å². The van der Waals surface area contributed by atoms with Crippen molar-refractivity contribution in [3.05, 3.63) is 53.6 Å². The Morgan fingerprint density at radius 3 is 2.58 bits per heavy atom. The van der Waals surface area contributed by atoms with Gasteiger partial charge in [-0.25, -0.2) is 4.99 Å². The van der Waals surface area contributed by atoms with Gasteiger partial charge in [0, 0.05) is 17.8 Å². The Morgan fingerprint density at radius 2 is 1.90 bits per heavy atom. The summed E-state index contributed by atoms with van der Waals surface area (Å²) >= 11 is 0. The third kappa shape index (κ3) is 8.64. The van der Waals surface area contributed by atoms with Gasteiger partial charge in [0.2, 0.25) is 5.91 Å². The molecule has 0 saturated heterocycles. The zero-order chi connectivity index (χ0) is 21.3. The molecule has 0 aromatic heterocycles. The number of guanidine groups is 1. The lowest BCUT2D eigenvalue weighted by molar-refractivity contribution is -0.115. The van der Waals surface area contributed by atoms with E-state index in [4.69, 9.17) is 4.74 Å². The number of benzene rings is 2. The molecule has 1 amide bonds. The molecule has 0 atom stereocenters. The van der Waals surface area contributed by atoms with Gasteiger partial charge in [0.25, 0.3) is 0 Å². The van der Waals surface area contributed by atoms with E-state index in [1.54, 1.807) is 12.1 Å². The molecule has 3 rings (SSSR count). The van der Waals surface area contributed by atoms with Gasteiger partial charge < -0.3 is 25.8 Å². The molecule has 4 N–H and O–H groups in total. The molecule has 1 aliphatic carbocycles. The van der Waals surface area contributed by atoms with Crippen LogP contribution in [0.3, 0.4) is 0 Å². The lowest BCUT2D eigenvalue weighted by atomic mass is 10.1. The fourth-order valence-corrected chi connectivity index (χ4v) is 2.84. The summed E-state index contributed by atoms with van der Waals surface area (Å²) < 4.78 is 6.02. The number of aliphatic imine (C=N–C) groups is 1. The Labute approximate surface area is 200 Å². The van der Waals surface area contributed by atoms with Crippen LogP contribution in [0.4, 0.5) is 5.69 Å². The van der Waals surface area contributed by atoms with Crippen molar-refractivity contribution in [3.8, 4) is 11.5 Å². The maximum Gasteiger partial charge on any atom is 0.243 e. The Kier molecular flexibility index (Phi) is 9.90. The van der Waals surface area contributed by atoms with E-state index in [0.717, 1.165) is 23.5 Å². The lowest BCUT2D eigenvalue weighted by Crippen LogP contribution is -2.41. The zero-order valence-corrected chi connectivity index (χ0v) is 20.3. The van der Waals surface area contributed by atoms with Gasteiger partial charge in [0.1, 0.15) is 11.5 Å². The van der Waals surface area contributed by atoms with Gasteiger partial charge in [-0.3, -0.25) is 4.79 Å². The molecule has 1 saturated carbocycles. The first-order chi connectivity index (χ1) is 14.5. The summed E-state index contributed by atoms with van der Waals surface area (Å²) in [5.41, 5.74) is 2.80. The fraction of sp³-hybridized carbons (Fsp3) is 0.391. The standard InChI is InChI=1S/C23H30N4O3.HI/c1-3-24-23(26-14-22(29)27-19-8-10-20(28)11-9-19)25-13-18-7-4-16(2)12-21(18)30-15-17-5-6-17;/h4,7-12,17,28H,3,5-6,13-15H2,1-2H3,(H,27,29)(H2,24,25,26);1H. The lowest BCUT2D eigenvalue weighted by Gasteiger charge is -2.14. The maximum absolute atomic E-state index is 12.2. The second-order valence-corrected chi connectivity index (χ2v) is 7.51. The van der Waals surface area contributed by atoms with Crippen LogP contribution in [0.2, 0.25) is 0 Å². The topological polar surface area (TPSA) is 95.0 Å². The smallest absolute Gasteiger partial charge is 0.243 e. The minimum Gasteiger partial charge on any atom is -0.508 e. The molecule has 1 aliphatic rings. The van der Waals surface area contributed by atoms with E-state index in [2.05, 4.69) is 40.0 Å². The summed E-state index contributed by atoms with van der Waals surface area (Å²) in [6, 6.07) is 12.5. The van der Waals surface area contributed by atoms with Gasteiger partial charge in [0.15, 0.2) is 5.96 Å². The van der Waals surface area contributed by atoms with Crippen molar-refractivity contribution in [1.82, 2.24) is 10.6 Å². The number of hydrogen-bond acceptors (Lipinski definition) is 4. The van der Waals surface area contributed by atoms with Crippen LogP contribution >= 0.6 is 24.0 Å². The molecular formula is C23H31IN4O3. The molecule has 0 radical (unpaired) electrons. The number of amides is 1. The van der Waals surface area contributed by atoms with E-state index in [0.29, 0.717) is 30.7 Å². The summed E-state index contributed by atoms with van der Waals surface area (Å²) in [4.78, 5) is 16.8. The molecule has 31 heavy (non-hydrogen) atoms. The number of nitrogens with zero attached hydrogens (tertiary/aromatic N) is 1. The second kappa shape index (κ2) is 12.4. The minimum absolute atomic E-state index is 0. The number of phenols is 1. The summed E-state index contributed by atoms with van der Waals surface area (Å²) in [7, 11) is 0. The number of carbonyl (C=O) groups excluding carboxylic acids is 1. The molecule has 0 unspecified atom stereocenters. The SMILES string of the molecule is CCNC(=NCc1ccc(C)cc1OCC1CC1)NCC(=O)Nc1ccc(O)cc1.I. The van der Waals surface area contributed by atoms with E-state index in [-0.39, 0.29) is 42.2 Å². The van der Waals surface area contributed by atoms with E-state index in [1.165, 1.54) is 25.0 Å². The summed E-state index contributed by atoms with van der Waals surface area (Å²) in [6.45, 7) is 6.00. The summed E-state index contributed by atoms with van der Waals surface area (Å²) in [6.07, 6.45) is 2.50. The number of phenolic OH excluding ortho intramolecular Hbond substituents is 1. The Hall–Kier alpha value is -2.49. The largest absolute Gasteiger partial charge is 0.508 e. The molecule has 0 heterocycles. The van der Waals surface area contributed by atoms with Gasteiger partial charge >= 0.3 is 0 Å². The summed E-state index contributed by atoms with van der Waals surface area (Å²) in [5, 5.41) is 18.3. The minimum atomic E-state index is -0.199. The molecule has 2 aromatic carbocycles. The van der Waals surface area contributed by atoms with Crippen LogP contribution in [0.15, 0.2) is 47.5 Å². The van der Waals surface area contributed by atoms with Crippen LogP contribution < -0.4 is 20.7 Å². The first kappa shape index (κ1) is 24.8. The van der Waals surface area contributed by atoms with Crippen LogP contribution in [-0.4, -0.2) is 36.7 Å². The second-order valence-electron chi connectivity index (χ2n) is 7.51. The number of rotatable bonds is 9. The highest BCUT2D eigenvalue weighted by Gasteiger charge is 2.22. The number of anilines is 1. The van der Waals surface area contributed by atoms with Crippen molar-refractivity contribution >= 4 is 41.5 Å². The number of aromatic hydroxyl groups is 1. The molecule has 0 spiro atoms. The molecule has 168 valence electrons. The fourth-order valence-electron chi connectivity index (χ4n) is 2.84. The van der Waals surface area contributed by atoms with Crippen LogP contribution in [0.5, 0.6) is 11.5 Å². The highest BCUT2D eigenvalue weighted by Crippen LogP contribution is 2.31. The highest BCUT2D eigenvalue weighted by molar-refractivity contribution is 14.0. The molecule has 0 bridgehead atoms. The molecule has 7 nitrogen and oxygen atoms in total. The molecule has 2 aromatic rings. The van der Waals surface area contributed by atoms with Crippen molar-refractivity contribution in [3.63, 3.8) is 0 Å². The number of nitrogens with one attached hydrogen (secondary N) is 3. The molecule has 0 aliphatic heterocycles. The van der Waals surface area contributed by atoms with Crippen LogP contribution in [-0.2, 0) is 11.3 Å². The quantitative estimate of drug-likeness (QED) is 0.169. The average molecular weight is 538 g/mol. The van der Waals surface area contributed by atoms with Crippen molar-refractivity contribution in [2.75, 3.05) is 25.0 Å². The van der Waals surface area contributed by atoms with Crippen LogP contribution in [0, 0.1) is 12.8 Å². The molecule has 1 fully saturated rings. The molecular weight excluding hydrogens is 507 g/mol. The van der Waals surface area contributed by atoms with E-state index >= 15 is 0 Å². The van der Waals surface area contributed by atoms with E-state index in [9.17, 15) is 9.90 Å². The van der Waals surface area contributed by atoms with E-state index < -0.39 is 0 Å². The maximum atomic E-state index is 12.2. The molecule has 8 heteroatoms. The monoisotopic (exact) mass is 538 g/mol. The number of halogens is 1. The Bertz CT molecular complexity index is 883. The van der Waals surface area contributed by atoms with Gasteiger partial charge in [-0.15, -0.1) is 24.0 Å². The highest BCUT2D eigenvalue weighted by atomic mass is 127. The normalized spacial score (nSPS) is 13.2. The van der Waals surface area contributed by atoms with Gasteiger partial charge in [-0.05, 0) is 68.5 Å². The third-order valence-corrected chi connectivity index (χ3v) is 4.71. The average Bonchev–Trinajstić information content (AvgIpc) is 3.56.